The van der Waals surface area contributed by atoms with Crippen LogP contribution in [0.4, 0.5) is 5.82 Å². The molecule has 1 fully saturated rings. The SMILES string of the molecule is Cc1cc(N)nc(CN2CCCC2CO)n1. The Morgan fingerprint density at radius 3 is 3.06 bits per heavy atom. The molecule has 0 bridgehead atoms. The molecule has 0 radical (unpaired) electrons. The second kappa shape index (κ2) is 4.76. The van der Waals surface area contributed by atoms with Gasteiger partial charge in [0.25, 0.3) is 0 Å². The number of aliphatic hydroxyl groups excluding tert-OH is 1. The molecule has 0 saturated carbocycles. The molecular formula is C11H18N4O. The maximum atomic E-state index is 9.22. The average Bonchev–Trinajstić information content (AvgIpc) is 2.63. The quantitative estimate of drug-likeness (QED) is 0.770. The van der Waals surface area contributed by atoms with Crippen molar-refractivity contribution in [3.63, 3.8) is 0 Å². The smallest absolute Gasteiger partial charge is 0.144 e. The van der Waals surface area contributed by atoms with Gasteiger partial charge < -0.3 is 10.8 Å². The number of rotatable bonds is 3. The molecule has 1 unspecified atom stereocenters. The second-order valence-electron chi connectivity index (χ2n) is 4.30. The van der Waals surface area contributed by atoms with Crippen LogP contribution in [0.25, 0.3) is 0 Å². The van der Waals surface area contributed by atoms with Gasteiger partial charge in [-0.15, -0.1) is 0 Å². The summed E-state index contributed by atoms with van der Waals surface area (Å²) < 4.78 is 0. The molecule has 0 aliphatic carbocycles. The number of nitrogens with zero attached hydrogens (tertiary/aromatic N) is 3. The van der Waals surface area contributed by atoms with E-state index < -0.39 is 0 Å². The molecule has 1 aliphatic rings. The van der Waals surface area contributed by atoms with Crippen LogP contribution in [-0.2, 0) is 6.54 Å². The fourth-order valence-corrected chi connectivity index (χ4v) is 2.22. The zero-order chi connectivity index (χ0) is 11.5. The fourth-order valence-electron chi connectivity index (χ4n) is 2.22. The Bertz CT molecular complexity index is 349. The van der Waals surface area contributed by atoms with Gasteiger partial charge in [0.1, 0.15) is 11.6 Å². The van der Waals surface area contributed by atoms with Crippen molar-refractivity contribution in [3.05, 3.63) is 17.6 Å². The topological polar surface area (TPSA) is 75.3 Å². The Kier molecular flexibility index (Phi) is 3.36. The van der Waals surface area contributed by atoms with Gasteiger partial charge in [0.05, 0.1) is 13.2 Å². The van der Waals surface area contributed by atoms with Gasteiger partial charge in [-0.25, -0.2) is 9.97 Å². The highest BCUT2D eigenvalue weighted by atomic mass is 16.3. The van der Waals surface area contributed by atoms with Crippen molar-refractivity contribution in [1.29, 1.82) is 0 Å². The minimum absolute atomic E-state index is 0.210. The van der Waals surface area contributed by atoms with Crippen molar-refractivity contribution in [3.8, 4) is 0 Å². The number of hydrogen-bond donors (Lipinski definition) is 2. The lowest BCUT2D eigenvalue weighted by molar-refractivity contribution is 0.151. The van der Waals surface area contributed by atoms with Gasteiger partial charge >= 0.3 is 0 Å². The Balaban J connectivity index is 2.08. The van der Waals surface area contributed by atoms with Crippen molar-refractivity contribution in [2.45, 2.75) is 32.4 Å². The Morgan fingerprint density at radius 2 is 2.38 bits per heavy atom. The third kappa shape index (κ3) is 2.48. The lowest BCUT2D eigenvalue weighted by Crippen LogP contribution is -2.32. The lowest BCUT2D eigenvalue weighted by atomic mass is 10.2. The van der Waals surface area contributed by atoms with Gasteiger partial charge in [0, 0.05) is 17.8 Å². The third-order valence-electron chi connectivity index (χ3n) is 2.97. The van der Waals surface area contributed by atoms with E-state index in [-0.39, 0.29) is 12.6 Å². The molecule has 1 atom stereocenters. The van der Waals surface area contributed by atoms with Crippen LogP contribution < -0.4 is 5.73 Å². The number of anilines is 1. The van der Waals surface area contributed by atoms with Crippen LogP contribution >= 0.6 is 0 Å². The Hall–Kier alpha value is -1.20. The highest BCUT2D eigenvalue weighted by Gasteiger charge is 2.24. The standard InChI is InChI=1S/C11H18N4O/c1-8-5-10(12)14-11(13-8)6-15-4-2-3-9(15)7-16/h5,9,16H,2-4,6-7H2,1H3,(H2,12,13,14). The summed E-state index contributed by atoms with van der Waals surface area (Å²) >= 11 is 0. The van der Waals surface area contributed by atoms with Gasteiger partial charge in [0.2, 0.25) is 0 Å². The number of likely N-dealkylation sites (tertiary alicyclic amines) is 1. The average molecular weight is 222 g/mol. The highest BCUT2D eigenvalue weighted by Crippen LogP contribution is 2.18. The van der Waals surface area contributed by atoms with Gasteiger partial charge in [-0.05, 0) is 26.3 Å². The number of aromatic nitrogens is 2. The monoisotopic (exact) mass is 222 g/mol. The summed E-state index contributed by atoms with van der Waals surface area (Å²) in [5, 5.41) is 9.22. The number of nitrogens with two attached hydrogens (primary N) is 1. The summed E-state index contributed by atoms with van der Waals surface area (Å²) in [6.07, 6.45) is 2.18. The van der Waals surface area contributed by atoms with Crippen LogP contribution in [0.1, 0.15) is 24.4 Å². The second-order valence-corrected chi connectivity index (χ2v) is 4.30. The van der Waals surface area contributed by atoms with Crippen LogP contribution in [0.15, 0.2) is 6.07 Å². The minimum Gasteiger partial charge on any atom is -0.395 e. The highest BCUT2D eigenvalue weighted by molar-refractivity contribution is 5.29. The number of hydrogen-bond acceptors (Lipinski definition) is 5. The Morgan fingerprint density at radius 1 is 1.56 bits per heavy atom. The molecule has 16 heavy (non-hydrogen) atoms. The first-order valence-corrected chi connectivity index (χ1v) is 5.64. The van der Waals surface area contributed by atoms with Gasteiger partial charge in [-0.2, -0.15) is 0 Å². The molecule has 5 nitrogen and oxygen atoms in total. The fraction of sp³-hybridized carbons (Fsp3) is 0.636. The van der Waals surface area contributed by atoms with Crippen LogP contribution in [-0.4, -0.2) is 39.2 Å². The number of aryl methyl sites for hydroxylation is 1. The van der Waals surface area contributed by atoms with Crippen molar-refractivity contribution < 1.29 is 5.11 Å². The van der Waals surface area contributed by atoms with Crippen LogP contribution in [0, 0.1) is 6.92 Å². The molecule has 88 valence electrons. The van der Waals surface area contributed by atoms with Gasteiger partial charge in [0.15, 0.2) is 0 Å². The van der Waals surface area contributed by atoms with Crippen LogP contribution in [0.3, 0.4) is 0 Å². The van der Waals surface area contributed by atoms with Crippen LogP contribution in [0.5, 0.6) is 0 Å². The molecule has 0 amide bonds. The third-order valence-corrected chi connectivity index (χ3v) is 2.97. The van der Waals surface area contributed by atoms with E-state index in [1.807, 2.05) is 6.92 Å². The number of aliphatic hydroxyl groups is 1. The van der Waals surface area contributed by atoms with Crippen molar-refractivity contribution in [1.82, 2.24) is 14.9 Å². The molecule has 2 rings (SSSR count). The minimum atomic E-state index is 0.210. The zero-order valence-electron chi connectivity index (χ0n) is 9.56. The molecule has 1 saturated heterocycles. The van der Waals surface area contributed by atoms with E-state index in [2.05, 4.69) is 14.9 Å². The summed E-state index contributed by atoms with van der Waals surface area (Å²) in [7, 11) is 0. The molecule has 1 aromatic heterocycles. The molecule has 2 heterocycles. The molecule has 5 heteroatoms. The molecule has 0 aromatic carbocycles. The van der Waals surface area contributed by atoms with E-state index in [1.165, 1.54) is 0 Å². The predicted molar refractivity (Wildman–Crippen MR) is 61.7 cm³/mol. The molecule has 3 N–H and O–H groups in total. The van der Waals surface area contributed by atoms with E-state index in [4.69, 9.17) is 5.73 Å². The van der Waals surface area contributed by atoms with E-state index in [0.29, 0.717) is 12.4 Å². The summed E-state index contributed by atoms with van der Waals surface area (Å²) in [5.74, 6) is 1.26. The van der Waals surface area contributed by atoms with Gasteiger partial charge in [-0.1, -0.05) is 0 Å². The summed E-state index contributed by atoms with van der Waals surface area (Å²) in [6, 6.07) is 2.02. The summed E-state index contributed by atoms with van der Waals surface area (Å²) in [6.45, 7) is 3.80. The summed E-state index contributed by atoms with van der Waals surface area (Å²) in [4.78, 5) is 10.8. The molecule has 0 spiro atoms. The molecule has 1 aliphatic heterocycles. The zero-order valence-corrected chi connectivity index (χ0v) is 9.56. The van der Waals surface area contributed by atoms with E-state index >= 15 is 0 Å². The largest absolute Gasteiger partial charge is 0.395 e. The maximum Gasteiger partial charge on any atom is 0.144 e. The van der Waals surface area contributed by atoms with Crippen molar-refractivity contribution in [2.75, 3.05) is 18.9 Å². The molecular weight excluding hydrogens is 204 g/mol. The maximum absolute atomic E-state index is 9.22. The first-order valence-electron chi connectivity index (χ1n) is 5.64. The van der Waals surface area contributed by atoms with Gasteiger partial charge in [-0.3, -0.25) is 4.90 Å². The first kappa shape index (κ1) is 11.3. The first-order chi connectivity index (χ1) is 7.69. The lowest BCUT2D eigenvalue weighted by Gasteiger charge is -2.21. The number of nitrogen functional groups attached to an aromatic ring is 1. The van der Waals surface area contributed by atoms with Crippen molar-refractivity contribution in [2.24, 2.45) is 0 Å². The van der Waals surface area contributed by atoms with E-state index in [1.54, 1.807) is 6.07 Å². The van der Waals surface area contributed by atoms with Crippen molar-refractivity contribution >= 4 is 5.82 Å². The van der Waals surface area contributed by atoms with E-state index in [0.717, 1.165) is 30.9 Å². The summed E-state index contributed by atoms with van der Waals surface area (Å²) in [5.41, 5.74) is 6.57. The van der Waals surface area contributed by atoms with Crippen LogP contribution in [0.2, 0.25) is 0 Å². The normalized spacial score (nSPS) is 21.5. The van der Waals surface area contributed by atoms with E-state index in [9.17, 15) is 5.11 Å². The Labute approximate surface area is 95.3 Å². The molecule has 1 aromatic rings. The predicted octanol–water partition coefficient (Wildman–Crippen LogP) is 0.324.